The van der Waals surface area contributed by atoms with E-state index in [-0.39, 0.29) is 0 Å². The first-order valence-electron chi connectivity index (χ1n) is 3.75. The molecule has 0 radical (unpaired) electrons. The fraction of sp³-hybridized carbons (Fsp3) is 0.714. The highest BCUT2D eigenvalue weighted by molar-refractivity contribution is 9.10. The second-order valence-electron chi connectivity index (χ2n) is 3.34. The van der Waals surface area contributed by atoms with Crippen molar-refractivity contribution in [3.8, 4) is 0 Å². The predicted molar refractivity (Wildman–Crippen MR) is 48.6 cm³/mol. The monoisotopic (exact) mass is 233 g/mol. The van der Waals surface area contributed by atoms with Gasteiger partial charge in [0.25, 0.3) is 0 Å². The molecule has 0 bridgehead atoms. The molecule has 0 amide bonds. The second-order valence-corrected chi connectivity index (χ2v) is 4.05. The maximum absolute atomic E-state index is 9.41. The average molecular weight is 234 g/mol. The summed E-state index contributed by atoms with van der Waals surface area (Å²) in [6.07, 6.45) is 2.30. The maximum Gasteiger partial charge on any atom is 0.217 e. The summed E-state index contributed by atoms with van der Waals surface area (Å²) in [5, 5.41) is 13.4. The van der Waals surface area contributed by atoms with Gasteiger partial charge < -0.3 is 5.11 Å². The Morgan fingerprint density at radius 1 is 1.67 bits per heavy atom. The van der Waals surface area contributed by atoms with Crippen LogP contribution in [-0.2, 0) is 6.54 Å². The zero-order valence-corrected chi connectivity index (χ0v) is 8.74. The summed E-state index contributed by atoms with van der Waals surface area (Å²) in [7, 11) is 0. The van der Waals surface area contributed by atoms with Crippen LogP contribution in [0.25, 0.3) is 0 Å². The summed E-state index contributed by atoms with van der Waals surface area (Å²) in [6, 6.07) is 0. The van der Waals surface area contributed by atoms with Gasteiger partial charge in [0.05, 0.1) is 5.60 Å². The van der Waals surface area contributed by atoms with Crippen LogP contribution in [0.2, 0.25) is 0 Å². The van der Waals surface area contributed by atoms with E-state index in [0.717, 1.165) is 0 Å². The molecule has 0 aromatic carbocycles. The standard InChI is InChI=1S/C7H12BrN3O/c1-7(2,12)3-4-11-5-9-6(8)10-11/h5,12H,3-4H2,1-2H3. The molecule has 0 saturated carbocycles. The minimum absolute atomic E-state index is 0.582. The predicted octanol–water partition coefficient (Wildman–Crippen LogP) is 1.20. The Morgan fingerprint density at radius 2 is 2.33 bits per heavy atom. The van der Waals surface area contributed by atoms with Crippen molar-refractivity contribution >= 4 is 15.9 Å². The summed E-state index contributed by atoms with van der Waals surface area (Å²) in [6.45, 7) is 4.24. The summed E-state index contributed by atoms with van der Waals surface area (Å²) in [4.78, 5) is 3.90. The first kappa shape index (κ1) is 9.67. The Kier molecular flexibility index (Phi) is 2.85. The van der Waals surface area contributed by atoms with Gasteiger partial charge in [0, 0.05) is 6.54 Å². The Labute approximate surface area is 79.7 Å². The molecule has 1 N–H and O–H groups in total. The lowest BCUT2D eigenvalue weighted by atomic mass is 10.1. The quantitative estimate of drug-likeness (QED) is 0.854. The summed E-state index contributed by atoms with van der Waals surface area (Å²) >= 11 is 3.15. The van der Waals surface area contributed by atoms with E-state index in [1.54, 1.807) is 24.9 Å². The van der Waals surface area contributed by atoms with Gasteiger partial charge in [0.1, 0.15) is 6.33 Å². The molecular formula is C7H12BrN3O. The minimum Gasteiger partial charge on any atom is -0.390 e. The Balaban J connectivity index is 2.44. The van der Waals surface area contributed by atoms with E-state index in [1.165, 1.54) is 0 Å². The zero-order chi connectivity index (χ0) is 9.19. The molecule has 1 aromatic heterocycles. The van der Waals surface area contributed by atoms with Gasteiger partial charge in [-0.05, 0) is 36.2 Å². The first-order chi connectivity index (χ1) is 5.47. The van der Waals surface area contributed by atoms with E-state index in [0.29, 0.717) is 17.7 Å². The van der Waals surface area contributed by atoms with Gasteiger partial charge in [-0.2, -0.15) is 0 Å². The number of halogens is 1. The van der Waals surface area contributed by atoms with Gasteiger partial charge in [-0.1, -0.05) is 0 Å². The SMILES string of the molecule is CC(C)(O)CCn1cnc(Br)n1. The molecule has 0 aliphatic carbocycles. The third-order valence-electron chi connectivity index (χ3n) is 1.46. The van der Waals surface area contributed by atoms with Crippen LogP contribution in [-0.4, -0.2) is 25.5 Å². The molecule has 0 atom stereocenters. The summed E-state index contributed by atoms with van der Waals surface area (Å²) in [5.74, 6) is 0. The maximum atomic E-state index is 9.41. The van der Waals surface area contributed by atoms with Gasteiger partial charge in [-0.15, -0.1) is 5.10 Å². The van der Waals surface area contributed by atoms with Crippen LogP contribution in [0, 0.1) is 0 Å². The lowest BCUT2D eigenvalue weighted by Gasteiger charge is -2.15. The van der Waals surface area contributed by atoms with Gasteiger partial charge in [0.15, 0.2) is 0 Å². The Hall–Kier alpha value is -0.420. The van der Waals surface area contributed by atoms with Crippen LogP contribution in [0.5, 0.6) is 0 Å². The van der Waals surface area contributed by atoms with Crippen molar-refractivity contribution in [1.82, 2.24) is 14.8 Å². The number of aryl methyl sites for hydroxylation is 1. The van der Waals surface area contributed by atoms with E-state index in [1.807, 2.05) is 0 Å². The number of hydrogen-bond acceptors (Lipinski definition) is 3. The molecule has 5 heteroatoms. The van der Waals surface area contributed by atoms with E-state index >= 15 is 0 Å². The van der Waals surface area contributed by atoms with Crippen LogP contribution >= 0.6 is 15.9 Å². The van der Waals surface area contributed by atoms with E-state index in [9.17, 15) is 5.11 Å². The third-order valence-corrected chi connectivity index (χ3v) is 1.82. The largest absolute Gasteiger partial charge is 0.390 e. The van der Waals surface area contributed by atoms with Crippen molar-refractivity contribution in [3.05, 3.63) is 11.1 Å². The lowest BCUT2D eigenvalue weighted by Crippen LogP contribution is -2.21. The topological polar surface area (TPSA) is 50.9 Å². The number of aromatic nitrogens is 3. The molecule has 0 aliphatic heterocycles. The Morgan fingerprint density at radius 3 is 2.75 bits per heavy atom. The van der Waals surface area contributed by atoms with Gasteiger partial charge in [-0.3, -0.25) is 4.68 Å². The van der Waals surface area contributed by atoms with Gasteiger partial charge in [0.2, 0.25) is 4.73 Å². The van der Waals surface area contributed by atoms with Crippen LogP contribution < -0.4 is 0 Å². The fourth-order valence-electron chi connectivity index (χ4n) is 0.768. The molecule has 1 heterocycles. The molecule has 0 aliphatic rings. The Bertz CT molecular complexity index is 253. The van der Waals surface area contributed by atoms with Gasteiger partial charge >= 0.3 is 0 Å². The highest BCUT2D eigenvalue weighted by Gasteiger charge is 2.12. The molecule has 4 nitrogen and oxygen atoms in total. The van der Waals surface area contributed by atoms with Gasteiger partial charge in [-0.25, -0.2) is 4.98 Å². The van der Waals surface area contributed by atoms with Crippen molar-refractivity contribution in [2.75, 3.05) is 0 Å². The van der Waals surface area contributed by atoms with Crippen molar-refractivity contribution < 1.29 is 5.11 Å². The van der Waals surface area contributed by atoms with Crippen molar-refractivity contribution in [2.45, 2.75) is 32.4 Å². The van der Waals surface area contributed by atoms with Crippen molar-refractivity contribution in [3.63, 3.8) is 0 Å². The number of hydrogen-bond donors (Lipinski definition) is 1. The minimum atomic E-state index is -0.640. The molecule has 68 valence electrons. The molecule has 0 saturated heterocycles. The van der Waals surface area contributed by atoms with Crippen LogP contribution in [0.1, 0.15) is 20.3 Å². The third kappa shape index (κ3) is 3.32. The smallest absolute Gasteiger partial charge is 0.217 e. The first-order valence-corrected chi connectivity index (χ1v) is 4.54. The molecule has 1 rings (SSSR count). The molecule has 12 heavy (non-hydrogen) atoms. The average Bonchev–Trinajstić information content (AvgIpc) is 2.30. The summed E-state index contributed by atoms with van der Waals surface area (Å²) in [5.41, 5.74) is -0.640. The van der Waals surface area contributed by atoms with E-state index in [2.05, 4.69) is 26.0 Å². The lowest BCUT2D eigenvalue weighted by molar-refractivity contribution is 0.0650. The molecule has 0 spiro atoms. The van der Waals surface area contributed by atoms with Crippen LogP contribution in [0.15, 0.2) is 11.1 Å². The number of rotatable bonds is 3. The highest BCUT2D eigenvalue weighted by Crippen LogP contribution is 2.08. The molecule has 1 aromatic rings. The highest BCUT2D eigenvalue weighted by atomic mass is 79.9. The molecular weight excluding hydrogens is 222 g/mol. The normalized spacial score (nSPS) is 12.0. The van der Waals surface area contributed by atoms with Crippen molar-refractivity contribution in [1.29, 1.82) is 0 Å². The second kappa shape index (κ2) is 3.53. The molecule has 0 fully saturated rings. The molecule has 0 unspecified atom stereocenters. The fourth-order valence-corrected chi connectivity index (χ4v) is 1.06. The zero-order valence-electron chi connectivity index (χ0n) is 7.16. The van der Waals surface area contributed by atoms with Crippen molar-refractivity contribution in [2.24, 2.45) is 0 Å². The van der Waals surface area contributed by atoms with Crippen LogP contribution in [0.3, 0.4) is 0 Å². The number of aliphatic hydroxyl groups is 1. The van der Waals surface area contributed by atoms with E-state index in [4.69, 9.17) is 0 Å². The summed E-state index contributed by atoms with van der Waals surface area (Å²) < 4.78 is 2.28. The number of nitrogens with zero attached hydrogens (tertiary/aromatic N) is 3. The van der Waals surface area contributed by atoms with Crippen LogP contribution in [0.4, 0.5) is 0 Å². The van der Waals surface area contributed by atoms with E-state index < -0.39 is 5.60 Å².